The summed E-state index contributed by atoms with van der Waals surface area (Å²) >= 11 is 0. The molecule has 0 aromatic heterocycles. The molecule has 0 aliphatic carbocycles. The van der Waals surface area contributed by atoms with Gasteiger partial charge in [-0.05, 0) is 67.4 Å². The highest BCUT2D eigenvalue weighted by atomic mass is 32.2. The highest BCUT2D eigenvalue weighted by Gasteiger charge is 2.17. The first-order valence-electron chi connectivity index (χ1n) is 10.0. The van der Waals surface area contributed by atoms with E-state index in [2.05, 4.69) is 14.8 Å². The molecule has 10 heteroatoms. The summed E-state index contributed by atoms with van der Waals surface area (Å²) in [6.07, 6.45) is 1.06. The topological polar surface area (TPSA) is 121 Å². The molecule has 3 rings (SSSR count). The van der Waals surface area contributed by atoms with Gasteiger partial charge in [0.05, 0.1) is 22.9 Å². The Morgan fingerprint density at radius 1 is 0.848 bits per heavy atom. The average Bonchev–Trinajstić information content (AvgIpc) is 2.74. The third-order valence-electron chi connectivity index (χ3n) is 4.85. The van der Waals surface area contributed by atoms with Gasteiger partial charge in [0.1, 0.15) is 0 Å². The van der Waals surface area contributed by atoms with Crippen LogP contribution in [0.2, 0.25) is 0 Å². The maximum absolute atomic E-state index is 12.7. The second-order valence-electron chi connectivity index (χ2n) is 7.64. The number of anilines is 2. The lowest BCUT2D eigenvalue weighted by Crippen LogP contribution is -2.26. The maximum atomic E-state index is 12.7. The Morgan fingerprint density at radius 3 is 2.15 bits per heavy atom. The van der Waals surface area contributed by atoms with Crippen LogP contribution in [0.4, 0.5) is 11.4 Å². The third-order valence-corrected chi connectivity index (χ3v) is 6.84. The predicted molar refractivity (Wildman–Crippen MR) is 129 cm³/mol. The Balaban J connectivity index is 1.70. The van der Waals surface area contributed by atoms with Crippen LogP contribution in [0, 0.1) is 6.92 Å². The molecule has 3 aromatic rings. The smallest absolute Gasteiger partial charge is 0.261 e. The number of rotatable bonds is 8. The molecule has 0 radical (unpaired) electrons. The summed E-state index contributed by atoms with van der Waals surface area (Å²) in [5.74, 6) is -0.389. The van der Waals surface area contributed by atoms with Crippen molar-refractivity contribution in [3.63, 3.8) is 0 Å². The van der Waals surface area contributed by atoms with Gasteiger partial charge in [-0.1, -0.05) is 30.3 Å². The van der Waals surface area contributed by atoms with Crippen molar-refractivity contribution in [1.82, 2.24) is 5.32 Å². The van der Waals surface area contributed by atoms with Gasteiger partial charge in [0.15, 0.2) is 0 Å². The summed E-state index contributed by atoms with van der Waals surface area (Å²) in [5.41, 5.74) is 2.68. The fraction of sp³-hybridized carbons (Fsp3) is 0.174. The van der Waals surface area contributed by atoms with Gasteiger partial charge in [0.25, 0.3) is 15.9 Å². The van der Waals surface area contributed by atoms with Crippen LogP contribution in [-0.4, -0.2) is 29.0 Å². The van der Waals surface area contributed by atoms with Gasteiger partial charge in [0, 0.05) is 11.3 Å². The maximum Gasteiger partial charge on any atom is 0.261 e. The summed E-state index contributed by atoms with van der Waals surface area (Å²) in [7, 11) is -7.22. The Hall–Kier alpha value is -3.37. The quantitative estimate of drug-likeness (QED) is 0.448. The normalized spacial score (nSPS) is 12.6. The molecule has 0 heterocycles. The lowest BCUT2D eigenvalue weighted by Gasteiger charge is -2.16. The standard InChI is InChI=1S/C23H25N3O5S2/c1-16-7-4-5-10-22(16)26-33(30,31)21-13-11-18(12-14-21)23(27)24-17(2)19-8-6-9-20(15-19)25-32(3,28)29/h4-15,17,25-26H,1-3H3,(H,24,27)/t17-/m0/s1. The van der Waals surface area contributed by atoms with E-state index in [0.29, 0.717) is 22.5 Å². The second-order valence-corrected chi connectivity index (χ2v) is 11.1. The monoisotopic (exact) mass is 487 g/mol. The molecule has 0 saturated heterocycles. The van der Waals surface area contributed by atoms with Gasteiger partial charge in [-0.3, -0.25) is 14.2 Å². The van der Waals surface area contributed by atoms with Gasteiger partial charge in [-0.25, -0.2) is 16.8 Å². The van der Waals surface area contributed by atoms with E-state index in [1.54, 1.807) is 56.3 Å². The summed E-state index contributed by atoms with van der Waals surface area (Å²) < 4.78 is 53.2. The molecule has 0 spiro atoms. The van der Waals surface area contributed by atoms with Gasteiger partial charge >= 0.3 is 0 Å². The number of nitrogens with one attached hydrogen (secondary N) is 3. The van der Waals surface area contributed by atoms with Crippen LogP contribution in [0.5, 0.6) is 0 Å². The minimum absolute atomic E-state index is 0.0369. The lowest BCUT2D eigenvalue weighted by atomic mass is 10.1. The molecule has 0 bridgehead atoms. The Morgan fingerprint density at radius 2 is 1.52 bits per heavy atom. The molecule has 0 aliphatic rings. The number of sulfonamides is 2. The number of hydrogen-bond acceptors (Lipinski definition) is 5. The molecule has 0 aliphatic heterocycles. The molecule has 1 atom stereocenters. The zero-order valence-electron chi connectivity index (χ0n) is 18.4. The Kier molecular flexibility index (Phi) is 7.09. The van der Waals surface area contributed by atoms with Crippen molar-refractivity contribution in [1.29, 1.82) is 0 Å². The summed E-state index contributed by atoms with van der Waals surface area (Å²) in [6, 6.07) is 19.0. The van der Waals surface area contributed by atoms with Crippen molar-refractivity contribution in [3.05, 3.63) is 89.5 Å². The van der Waals surface area contributed by atoms with Gasteiger partial charge in [-0.2, -0.15) is 0 Å². The molecule has 174 valence electrons. The van der Waals surface area contributed by atoms with Crippen molar-refractivity contribution < 1.29 is 21.6 Å². The molecule has 0 unspecified atom stereocenters. The molecule has 3 N–H and O–H groups in total. The first kappa shape index (κ1) is 24.3. The van der Waals surface area contributed by atoms with Gasteiger partial charge < -0.3 is 5.32 Å². The van der Waals surface area contributed by atoms with Crippen molar-refractivity contribution in [2.75, 3.05) is 15.7 Å². The highest BCUT2D eigenvalue weighted by molar-refractivity contribution is 7.92. The van der Waals surface area contributed by atoms with Crippen molar-refractivity contribution in [2.24, 2.45) is 0 Å². The first-order chi connectivity index (χ1) is 15.4. The predicted octanol–water partition coefficient (Wildman–Crippen LogP) is 3.66. The van der Waals surface area contributed by atoms with Crippen molar-refractivity contribution in [3.8, 4) is 0 Å². The van der Waals surface area contributed by atoms with E-state index in [9.17, 15) is 21.6 Å². The van der Waals surface area contributed by atoms with Crippen LogP contribution < -0.4 is 14.8 Å². The summed E-state index contributed by atoms with van der Waals surface area (Å²) in [4.78, 5) is 12.7. The minimum atomic E-state index is -3.80. The third kappa shape index (κ3) is 6.56. The zero-order valence-corrected chi connectivity index (χ0v) is 20.0. The molecule has 33 heavy (non-hydrogen) atoms. The fourth-order valence-corrected chi connectivity index (χ4v) is 4.81. The SMILES string of the molecule is Cc1ccccc1NS(=O)(=O)c1ccc(C(=O)N[C@@H](C)c2cccc(NS(C)(=O)=O)c2)cc1. The number of carbonyl (C=O) groups excluding carboxylic acids is 1. The molecule has 0 fully saturated rings. The largest absolute Gasteiger partial charge is 0.346 e. The van der Waals surface area contributed by atoms with E-state index in [1.807, 2.05) is 6.07 Å². The molecular formula is C23H25N3O5S2. The van der Waals surface area contributed by atoms with Crippen LogP contribution in [0.15, 0.2) is 77.7 Å². The molecule has 1 amide bonds. The summed E-state index contributed by atoms with van der Waals surface area (Å²) in [6.45, 7) is 3.57. The van der Waals surface area contributed by atoms with E-state index in [4.69, 9.17) is 0 Å². The lowest BCUT2D eigenvalue weighted by molar-refractivity contribution is 0.0939. The number of hydrogen-bond donors (Lipinski definition) is 3. The Bertz CT molecular complexity index is 1370. The number of benzene rings is 3. The van der Waals surface area contributed by atoms with E-state index >= 15 is 0 Å². The number of para-hydroxylation sites is 1. The van der Waals surface area contributed by atoms with Crippen molar-refractivity contribution >= 4 is 37.3 Å². The average molecular weight is 488 g/mol. The van der Waals surface area contributed by atoms with Crippen LogP contribution in [0.1, 0.15) is 34.5 Å². The van der Waals surface area contributed by atoms with E-state index < -0.39 is 26.1 Å². The van der Waals surface area contributed by atoms with E-state index in [-0.39, 0.29) is 10.8 Å². The van der Waals surface area contributed by atoms with Crippen LogP contribution >= 0.6 is 0 Å². The van der Waals surface area contributed by atoms with E-state index in [0.717, 1.165) is 11.8 Å². The number of aryl methyl sites for hydroxylation is 1. The fourth-order valence-electron chi connectivity index (χ4n) is 3.13. The molecular weight excluding hydrogens is 462 g/mol. The molecule has 0 saturated carbocycles. The van der Waals surface area contributed by atoms with E-state index in [1.165, 1.54) is 24.3 Å². The van der Waals surface area contributed by atoms with Crippen LogP contribution in [0.3, 0.4) is 0 Å². The number of amides is 1. The Labute approximate surface area is 194 Å². The molecule has 8 nitrogen and oxygen atoms in total. The first-order valence-corrected chi connectivity index (χ1v) is 13.4. The van der Waals surface area contributed by atoms with Gasteiger partial charge in [0.2, 0.25) is 10.0 Å². The minimum Gasteiger partial charge on any atom is -0.346 e. The molecule has 3 aromatic carbocycles. The van der Waals surface area contributed by atoms with Crippen LogP contribution in [-0.2, 0) is 20.0 Å². The second kappa shape index (κ2) is 9.63. The van der Waals surface area contributed by atoms with Crippen molar-refractivity contribution in [2.45, 2.75) is 24.8 Å². The zero-order chi connectivity index (χ0) is 24.2. The highest BCUT2D eigenvalue weighted by Crippen LogP contribution is 2.21. The summed E-state index contributed by atoms with van der Waals surface area (Å²) in [5, 5.41) is 2.83. The number of carbonyl (C=O) groups is 1. The van der Waals surface area contributed by atoms with Gasteiger partial charge in [-0.15, -0.1) is 0 Å². The van der Waals surface area contributed by atoms with Crippen LogP contribution in [0.25, 0.3) is 0 Å².